The largest absolute Gasteiger partial charge is 0.301 e. The number of amides is 1. The maximum atomic E-state index is 11.8. The van der Waals surface area contributed by atoms with E-state index in [9.17, 15) is 14.9 Å². The molecule has 8 heteroatoms. The number of benzene rings is 1. The number of anilines is 1. The molecule has 1 amide bonds. The number of nitro groups is 1. The van der Waals surface area contributed by atoms with Crippen LogP contribution >= 0.6 is 23.1 Å². The summed E-state index contributed by atoms with van der Waals surface area (Å²) in [5, 5.41) is 13.9. The lowest BCUT2D eigenvalue weighted by molar-refractivity contribution is -0.384. The number of thioether (sulfide) groups is 1. The van der Waals surface area contributed by atoms with Crippen molar-refractivity contribution in [2.45, 2.75) is 18.7 Å². The van der Waals surface area contributed by atoms with Crippen LogP contribution in [0.1, 0.15) is 10.6 Å². The lowest BCUT2D eigenvalue weighted by Crippen LogP contribution is -2.13. The average molecular weight is 323 g/mol. The van der Waals surface area contributed by atoms with Gasteiger partial charge in [0.05, 0.1) is 16.4 Å². The van der Waals surface area contributed by atoms with Crippen LogP contribution in [0, 0.1) is 24.0 Å². The first-order chi connectivity index (χ1) is 9.95. The van der Waals surface area contributed by atoms with E-state index in [1.807, 2.05) is 13.8 Å². The third-order valence-electron chi connectivity index (χ3n) is 2.69. The number of rotatable bonds is 5. The van der Waals surface area contributed by atoms with Gasteiger partial charge in [-0.05, 0) is 26.0 Å². The van der Waals surface area contributed by atoms with Crippen LogP contribution in [0.3, 0.4) is 0 Å². The molecule has 0 aliphatic heterocycles. The number of non-ortho nitro benzene ring substituents is 1. The van der Waals surface area contributed by atoms with E-state index >= 15 is 0 Å². The lowest BCUT2D eigenvalue weighted by atomic mass is 10.3. The quantitative estimate of drug-likeness (QED) is 0.518. The van der Waals surface area contributed by atoms with Gasteiger partial charge in [0, 0.05) is 21.9 Å². The highest BCUT2D eigenvalue weighted by molar-refractivity contribution is 8.00. The third kappa shape index (κ3) is 4.27. The van der Waals surface area contributed by atoms with Gasteiger partial charge in [-0.3, -0.25) is 14.9 Å². The SMILES string of the molecule is Cc1nc(NC(=O)CSc2ccc([N+](=O)[O-])cc2)sc1C. The molecule has 0 aliphatic rings. The van der Waals surface area contributed by atoms with Crippen LogP contribution in [0.25, 0.3) is 0 Å². The van der Waals surface area contributed by atoms with Gasteiger partial charge in [-0.1, -0.05) is 0 Å². The highest BCUT2D eigenvalue weighted by Crippen LogP contribution is 2.23. The standard InChI is InChI=1S/C13H13N3O3S2/c1-8-9(2)21-13(14-8)15-12(17)7-20-11-5-3-10(4-6-11)16(18)19/h3-6H,7H2,1-2H3,(H,14,15,17). The molecular weight excluding hydrogens is 310 g/mol. The summed E-state index contributed by atoms with van der Waals surface area (Å²) >= 11 is 2.76. The molecule has 1 N–H and O–H groups in total. The van der Waals surface area contributed by atoms with Crippen molar-refractivity contribution in [3.05, 3.63) is 45.0 Å². The predicted octanol–water partition coefficient (Wildman–Crippen LogP) is 3.40. The molecule has 1 aromatic carbocycles. The molecule has 2 aromatic rings. The predicted molar refractivity (Wildman–Crippen MR) is 84.0 cm³/mol. The van der Waals surface area contributed by atoms with Gasteiger partial charge in [0.25, 0.3) is 5.69 Å². The molecule has 0 saturated carbocycles. The summed E-state index contributed by atoms with van der Waals surface area (Å²) in [6, 6.07) is 6.11. The molecule has 0 saturated heterocycles. The van der Waals surface area contributed by atoms with Gasteiger partial charge in [-0.2, -0.15) is 0 Å². The molecule has 0 unspecified atom stereocenters. The van der Waals surface area contributed by atoms with Crippen molar-refractivity contribution >= 4 is 39.8 Å². The topological polar surface area (TPSA) is 85.1 Å². The molecule has 0 radical (unpaired) electrons. The Balaban J connectivity index is 1.87. The number of nitro benzene ring substituents is 1. The van der Waals surface area contributed by atoms with E-state index in [-0.39, 0.29) is 17.3 Å². The Morgan fingerprint density at radius 1 is 1.38 bits per heavy atom. The fourth-order valence-corrected chi connectivity index (χ4v) is 3.02. The minimum Gasteiger partial charge on any atom is -0.301 e. The Labute approximate surface area is 129 Å². The Morgan fingerprint density at radius 3 is 2.57 bits per heavy atom. The second-order valence-corrected chi connectivity index (χ2v) is 6.50. The lowest BCUT2D eigenvalue weighted by Gasteiger charge is -2.02. The van der Waals surface area contributed by atoms with Crippen molar-refractivity contribution in [1.82, 2.24) is 4.98 Å². The highest BCUT2D eigenvalue weighted by atomic mass is 32.2. The summed E-state index contributed by atoms with van der Waals surface area (Å²) < 4.78 is 0. The maximum Gasteiger partial charge on any atom is 0.269 e. The number of aryl methyl sites for hydroxylation is 2. The van der Waals surface area contributed by atoms with Crippen LogP contribution in [0.4, 0.5) is 10.8 Å². The van der Waals surface area contributed by atoms with Crippen LogP contribution in [0.15, 0.2) is 29.2 Å². The number of aromatic nitrogens is 1. The van der Waals surface area contributed by atoms with Gasteiger partial charge in [0.15, 0.2) is 5.13 Å². The molecule has 6 nitrogen and oxygen atoms in total. The number of nitrogens with one attached hydrogen (secondary N) is 1. The zero-order valence-corrected chi connectivity index (χ0v) is 13.1. The zero-order valence-electron chi connectivity index (χ0n) is 11.5. The second-order valence-electron chi connectivity index (χ2n) is 4.25. The number of carbonyl (C=O) groups is 1. The van der Waals surface area contributed by atoms with E-state index < -0.39 is 4.92 Å². The van der Waals surface area contributed by atoms with E-state index in [0.29, 0.717) is 5.13 Å². The Hall–Kier alpha value is -1.93. The van der Waals surface area contributed by atoms with Gasteiger partial charge in [-0.15, -0.1) is 23.1 Å². The molecule has 1 aromatic heterocycles. The monoisotopic (exact) mass is 323 g/mol. The first kappa shape index (κ1) is 15.5. The van der Waals surface area contributed by atoms with E-state index in [1.54, 1.807) is 12.1 Å². The van der Waals surface area contributed by atoms with E-state index in [4.69, 9.17) is 0 Å². The summed E-state index contributed by atoms with van der Waals surface area (Å²) in [6.07, 6.45) is 0. The minimum absolute atomic E-state index is 0.0394. The summed E-state index contributed by atoms with van der Waals surface area (Å²) in [4.78, 5) is 28.0. The van der Waals surface area contributed by atoms with Gasteiger partial charge in [0.2, 0.25) is 5.91 Å². The summed E-state index contributed by atoms with van der Waals surface area (Å²) in [6.45, 7) is 3.85. The van der Waals surface area contributed by atoms with Crippen LogP contribution in [-0.2, 0) is 4.79 Å². The number of hydrogen-bond acceptors (Lipinski definition) is 6. The van der Waals surface area contributed by atoms with Crippen LogP contribution in [0.2, 0.25) is 0 Å². The first-order valence-corrected chi connectivity index (χ1v) is 7.87. The summed E-state index contributed by atoms with van der Waals surface area (Å²) in [5.74, 6) is 0.0854. The number of nitrogens with zero attached hydrogens (tertiary/aromatic N) is 2. The van der Waals surface area contributed by atoms with Crippen LogP contribution < -0.4 is 5.32 Å². The minimum atomic E-state index is -0.450. The molecule has 0 fully saturated rings. The van der Waals surface area contributed by atoms with Crippen molar-refractivity contribution in [3.8, 4) is 0 Å². The first-order valence-electron chi connectivity index (χ1n) is 6.07. The zero-order chi connectivity index (χ0) is 15.4. The second kappa shape index (κ2) is 6.68. The average Bonchev–Trinajstić information content (AvgIpc) is 2.75. The maximum absolute atomic E-state index is 11.8. The molecular formula is C13H13N3O3S2. The van der Waals surface area contributed by atoms with E-state index in [2.05, 4.69) is 10.3 Å². The van der Waals surface area contributed by atoms with Gasteiger partial charge < -0.3 is 5.32 Å². The molecule has 0 spiro atoms. The fourth-order valence-electron chi connectivity index (χ4n) is 1.49. The van der Waals surface area contributed by atoms with Gasteiger partial charge in [0.1, 0.15) is 0 Å². The molecule has 0 aliphatic carbocycles. The smallest absolute Gasteiger partial charge is 0.269 e. The Bertz CT molecular complexity index is 648. The van der Waals surface area contributed by atoms with Crippen molar-refractivity contribution in [2.75, 3.05) is 11.1 Å². The molecule has 2 rings (SSSR count). The molecule has 0 bridgehead atoms. The number of carbonyl (C=O) groups excluding carboxylic acids is 1. The molecule has 0 atom stereocenters. The van der Waals surface area contributed by atoms with Gasteiger partial charge in [-0.25, -0.2) is 4.98 Å². The van der Waals surface area contributed by atoms with E-state index in [0.717, 1.165) is 15.5 Å². The van der Waals surface area contributed by atoms with Crippen molar-refractivity contribution in [1.29, 1.82) is 0 Å². The fraction of sp³-hybridized carbons (Fsp3) is 0.231. The third-order valence-corrected chi connectivity index (χ3v) is 4.69. The molecule has 21 heavy (non-hydrogen) atoms. The Kier molecular flexibility index (Phi) is 4.92. The highest BCUT2D eigenvalue weighted by Gasteiger charge is 2.09. The molecule has 110 valence electrons. The van der Waals surface area contributed by atoms with Crippen LogP contribution in [-0.4, -0.2) is 21.6 Å². The normalized spacial score (nSPS) is 10.4. The van der Waals surface area contributed by atoms with Gasteiger partial charge >= 0.3 is 0 Å². The Morgan fingerprint density at radius 2 is 2.05 bits per heavy atom. The van der Waals surface area contributed by atoms with Crippen LogP contribution in [0.5, 0.6) is 0 Å². The number of hydrogen-bond donors (Lipinski definition) is 1. The number of thiazole rings is 1. The van der Waals surface area contributed by atoms with Crippen molar-refractivity contribution in [3.63, 3.8) is 0 Å². The molecule has 1 heterocycles. The van der Waals surface area contributed by atoms with Crippen molar-refractivity contribution < 1.29 is 9.72 Å². The van der Waals surface area contributed by atoms with Crippen molar-refractivity contribution in [2.24, 2.45) is 0 Å². The summed E-state index contributed by atoms with van der Waals surface area (Å²) in [7, 11) is 0. The summed E-state index contributed by atoms with van der Waals surface area (Å²) in [5.41, 5.74) is 0.954. The van der Waals surface area contributed by atoms with E-state index in [1.165, 1.54) is 35.2 Å².